The minimum Gasteiger partial charge on any atom is -0.378 e. The van der Waals surface area contributed by atoms with E-state index in [2.05, 4.69) is 21.2 Å². The van der Waals surface area contributed by atoms with E-state index < -0.39 is 0 Å². The number of nitrogens with one attached hydrogen (secondary N) is 1. The largest absolute Gasteiger partial charge is 0.378 e. The van der Waals surface area contributed by atoms with Gasteiger partial charge in [0.1, 0.15) is 0 Å². The van der Waals surface area contributed by atoms with Crippen LogP contribution in [0.25, 0.3) is 0 Å². The molecule has 3 nitrogen and oxygen atoms in total. The highest BCUT2D eigenvalue weighted by atomic mass is 79.9. The van der Waals surface area contributed by atoms with Gasteiger partial charge >= 0.3 is 0 Å². The number of hydrogen-bond acceptors (Lipinski definition) is 2. The van der Waals surface area contributed by atoms with Gasteiger partial charge in [-0.3, -0.25) is 4.79 Å². The Morgan fingerprint density at radius 3 is 3.12 bits per heavy atom. The van der Waals surface area contributed by atoms with E-state index in [0.717, 1.165) is 30.3 Å². The van der Waals surface area contributed by atoms with E-state index in [9.17, 15) is 4.79 Å². The van der Waals surface area contributed by atoms with Crippen molar-refractivity contribution in [3.05, 3.63) is 34.3 Å². The maximum Gasteiger partial charge on any atom is 0.251 e. The van der Waals surface area contributed by atoms with Crippen LogP contribution in [0.2, 0.25) is 0 Å². The molecule has 0 aliphatic carbocycles. The van der Waals surface area contributed by atoms with Crippen molar-refractivity contribution in [2.45, 2.75) is 25.4 Å². The van der Waals surface area contributed by atoms with Gasteiger partial charge in [0.05, 0.1) is 6.10 Å². The van der Waals surface area contributed by atoms with E-state index in [1.165, 1.54) is 0 Å². The minimum atomic E-state index is -0.0238. The molecular formula is C13H16BrNO2. The average Bonchev–Trinajstić information content (AvgIpc) is 2.82. The summed E-state index contributed by atoms with van der Waals surface area (Å²) in [6, 6.07) is 7.40. The van der Waals surface area contributed by atoms with E-state index in [4.69, 9.17) is 4.74 Å². The normalized spacial score (nSPS) is 19.2. The summed E-state index contributed by atoms with van der Waals surface area (Å²) in [5, 5.41) is 2.91. The first-order valence-corrected chi connectivity index (χ1v) is 6.70. The van der Waals surface area contributed by atoms with Crippen molar-refractivity contribution in [1.29, 1.82) is 0 Å². The maximum atomic E-state index is 11.8. The quantitative estimate of drug-likeness (QED) is 0.928. The van der Waals surface area contributed by atoms with Crippen LogP contribution in [0, 0.1) is 0 Å². The summed E-state index contributed by atoms with van der Waals surface area (Å²) in [7, 11) is 0. The topological polar surface area (TPSA) is 38.3 Å². The van der Waals surface area contributed by atoms with Crippen LogP contribution >= 0.6 is 15.9 Å². The lowest BCUT2D eigenvalue weighted by Gasteiger charge is -2.10. The molecule has 1 unspecified atom stereocenters. The van der Waals surface area contributed by atoms with Crippen LogP contribution in [0.3, 0.4) is 0 Å². The zero-order valence-electron chi connectivity index (χ0n) is 9.62. The highest BCUT2D eigenvalue weighted by Gasteiger charge is 2.15. The SMILES string of the molecule is O=C(NCCC1CCCO1)c1cccc(Br)c1. The molecule has 1 saturated heterocycles. The van der Waals surface area contributed by atoms with Crippen LogP contribution in [-0.2, 0) is 4.74 Å². The molecule has 0 saturated carbocycles. The van der Waals surface area contributed by atoms with Crippen LogP contribution in [0.4, 0.5) is 0 Å². The lowest BCUT2D eigenvalue weighted by atomic mass is 10.1. The molecule has 1 aliphatic rings. The molecule has 1 aromatic rings. The van der Waals surface area contributed by atoms with Gasteiger partial charge in [-0.1, -0.05) is 22.0 Å². The van der Waals surface area contributed by atoms with Gasteiger partial charge in [0.25, 0.3) is 5.91 Å². The molecule has 2 rings (SSSR count). The van der Waals surface area contributed by atoms with Gasteiger partial charge in [0.15, 0.2) is 0 Å². The number of carbonyl (C=O) groups is 1. The Morgan fingerprint density at radius 2 is 2.41 bits per heavy atom. The molecule has 1 aromatic carbocycles. The summed E-state index contributed by atoms with van der Waals surface area (Å²) >= 11 is 3.35. The van der Waals surface area contributed by atoms with Crippen LogP contribution in [0.1, 0.15) is 29.6 Å². The first-order valence-electron chi connectivity index (χ1n) is 5.91. The molecule has 1 N–H and O–H groups in total. The standard InChI is InChI=1S/C13H16BrNO2/c14-11-4-1-3-10(9-11)13(16)15-7-6-12-5-2-8-17-12/h1,3-4,9,12H,2,5-8H2,(H,15,16). The van der Waals surface area contributed by atoms with Crippen molar-refractivity contribution in [3.8, 4) is 0 Å². The second-order valence-corrected chi connectivity index (χ2v) is 5.11. The Labute approximate surface area is 110 Å². The molecule has 17 heavy (non-hydrogen) atoms. The minimum absolute atomic E-state index is 0.0238. The predicted molar refractivity (Wildman–Crippen MR) is 70.1 cm³/mol. The Hall–Kier alpha value is -0.870. The highest BCUT2D eigenvalue weighted by molar-refractivity contribution is 9.10. The van der Waals surface area contributed by atoms with Gasteiger partial charge in [0, 0.05) is 23.2 Å². The predicted octanol–water partition coefficient (Wildman–Crippen LogP) is 2.75. The van der Waals surface area contributed by atoms with Crippen LogP contribution < -0.4 is 5.32 Å². The number of amides is 1. The molecular weight excluding hydrogens is 282 g/mol. The third kappa shape index (κ3) is 3.82. The van der Waals surface area contributed by atoms with E-state index in [0.29, 0.717) is 18.2 Å². The average molecular weight is 298 g/mol. The van der Waals surface area contributed by atoms with Gasteiger partial charge in [-0.15, -0.1) is 0 Å². The molecule has 0 spiro atoms. The first-order chi connectivity index (χ1) is 8.25. The summed E-state index contributed by atoms with van der Waals surface area (Å²) in [4.78, 5) is 11.8. The Bertz CT molecular complexity index is 389. The van der Waals surface area contributed by atoms with Gasteiger partial charge < -0.3 is 10.1 Å². The van der Waals surface area contributed by atoms with E-state index >= 15 is 0 Å². The molecule has 1 heterocycles. The number of halogens is 1. The zero-order chi connectivity index (χ0) is 12.1. The number of ether oxygens (including phenoxy) is 1. The van der Waals surface area contributed by atoms with Crippen LogP contribution in [-0.4, -0.2) is 25.2 Å². The third-order valence-corrected chi connectivity index (χ3v) is 3.36. The molecule has 0 radical (unpaired) electrons. The van der Waals surface area contributed by atoms with Crippen molar-refractivity contribution in [2.75, 3.05) is 13.2 Å². The van der Waals surface area contributed by atoms with Crippen molar-refractivity contribution >= 4 is 21.8 Å². The molecule has 4 heteroatoms. The van der Waals surface area contributed by atoms with Gasteiger partial charge in [-0.25, -0.2) is 0 Å². The van der Waals surface area contributed by atoms with Crippen molar-refractivity contribution in [2.24, 2.45) is 0 Å². The number of carbonyl (C=O) groups excluding carboxylic acids is 1. The zero-order valence-corrected chi connectivity index (χ0v) is 11.2. The molecule has 92 valence electrons. The van der Waals surface area contributed by atoms with E-state index in [-0.39, 0.29) is 5.91 Å². The molecule has 1 atom stereocenters. The second kappa shape index (κ2) is 6.17. The summed E-state index contributed by atoms with van der Waals surface area (Å²) in [5.74, 6) is -0.0238. The second-order valence-electron chi connectivity index (χ2n) is 4.19. The third-order valence-electron chi connectivity index (χ3n) is 2.86. The van der Waals surface area contributed by atoms with E-state index in [1.54, 1.807) is 0 Å². The Kier molecular flexibility index (Phi) is 4.57. The Morgan fingerprint density at radius 1 is 1.53 bits per heavy atom. The monoisotopic (exact) mass is 297 g/mol. The molecule has 1 fully saturated rings. The molecule has 0 aromatic heterocycles. The van der Waals surface area contributed by atoms with Crippen LogP contribution in [0.15, 0.2) is 28.7 Å². The first kappa shape index (κ1) is 12.6. The fraction of sp³-hybridized carbons (Fsp3) is 0.462. The lowest BCUT2D eigenvalue weighted by molar-refractivity contribution is 0.0907. The van der Waals surface area contributed by atoms with Crippen molar-refractivity contribution < 1.29 is 9.53 Å². The van der Waals surface area contributed by atoms with Gasteiger partial charge in [0.2, 0.25) is 0 Å². The molecule has 0 bridgehead atoms. The van der Waals surface area contributed by atoms with Crippen LogP contribution in [0.5, 0.6) is 0 Å². The van der Waals surface area contributed by atoms with Gasteiger partial charge in [-0.05, 0) is 37.5 Å². The summed E-state index contributed by atoms with van der Waals surface area (Å²) in [6.07, 6.45) is 3.49. The van der Waals surface area contributed by atoms with Crippen molar-refractivity contribution in [3.63, 3.8) is 0 Å². The summed E-state index contributed by atoms with van der Waals surface area (Å²) in [5.41, 5.74) is 0.687. The number of rotatable bonds is 4. The molecule has 1 aliphatic heterocycles. The summed E-state index contributed by atoms with van der Waals surface area (Å²) in [6.45, 7) is 1.54. The fourth-order valence-electron chi connectivity index (χ4n) is 1.95. The van der Waals surface area contributed by atoms with E-state index in [1.807, 2.05) is 24.3 Å². The van der Waals surface area contributed by atoms with Gasteiger partial charge in [-0.2, -0.15) is 0 Å². The summed E-state index contributed by atoms with van der Waals surface area (Å²) < 4.78 is 6.42. The highest BCUT2D eigenvalue weighted by Crippen LogP contribution is 2.15. The number of hydrogen-bond donors (Lipinski definition) is 1. The Balaban J connectivity index is 1.77. The fourth-order valence-corrected chi connectivity index (χ4v) is 2.35. The molecule has 1 amide bonds. The van der Waals surface area contributed by atoms with Crippen molar-refractivity contribution in [1.82, 2.24) is 5.32 Å². The smallest absolute Gasteiger partial charge is 0.251 e. The maximum absolute atomic E-state index is 11.8. The lowest BCUT2D eigenvalue weighted by Crippen LogP contribution is -2.26. The number of benzene rings is 1.